The van der Waals surface area contributed by atoms with E-state index in [9.17, 15) is 18.8 Å². The first-order valence-electron chi connectivity index (χ1n) is 8.19. The van der Waals surface area contributed by atoms with Crippen molar-refractivity contribution in [2.45, 2.75) is 13.8 Å². The smallest absolute Gasteiger partial charge is 0.325 e. The summed E-state index contributed by atoms with van der Waals surface area (Å²) in [6.07, 6.45) is 0. The van der Waals surface area contributed by atoms with Crippen LogP contribution in [0.2, 0.25) is 0 Å². The van der Waals surface area contributed by atoms with Crippen LogP contribution in [-0.2, 0) is 9.53 Å². The van der Waals surface area contributed by atoms with Crippen LogP contribution in [0.15, 0.2) is 36.4 Å². The van der Waals surface area contributed by atoms with E-state index < -0.39 is 30.1 Å². The lowest BCUT2D eigenvalue weighted by atomic mass is 10.1. The van der Waals surface area contributed by atoms with Crippen molar-refractivity contribution < 1.29 is 28.2 Å². The van der Waals surface area contributed by atoms with Crippen LogP contribution in [0.25, 0.3) is 0 Å². The molecule has 6 nitrogen and oxygen atoms in total. The summed E-state index contributed by atoms with van der Waals surface area (Å²) in [4.78, 5) is 35.8. The van der Waals surface area contributed by atoms with Gasteiger partial charge in [-0.05, 0) is 44.2 Å². The second-order valence-corrected chi connectivity index (χ2v) is 5.99. The Hall–Kier alpha value is -3.22. The van der Waals surface area contributed by atoms with E-state index in [0.717, 1.165) is 17.2 Å². The molecule has 2 aromatic rings. The van der Waals surface area contributed by atoms with Gasteiger partial charge in [0.1, 0.15) is 6.54 Å². The van der Waals surface area contributed by atoms with Gasteiger partial charge in [-0.2, -0.15) is 0 Å². The number of Topliss-reactive ketones (excluding diaryl/α,β-unsaturated/α-hetero) is 1. The number of carbonyl (C=O) groups excluding carboxylic acids is 3. The second kappa shape index (κ2) is 8.93. The largest absolute Gasteiger partial charge is 0.494 e. The second-order valence-electron chi connectivity index (χ2n) is 5.99. The fraction of sp³-hybridized carbons (Fsp3) is 0.250. The fourth-order valence-electron chi connectivity index (χ4n) is 2.48. The molecule has 1 amide bonds. The molecule has 0 radical (unpaired) electrons. The van der Waals surface area contributed by atoms with Gasteiger partial charge in [0.15, 0.2) is 24.0 Å². The van der Waals surface area contributed by atoms with Crippen molar-refractivity contribution >= 4 is 17.7 Å². The molecule has 2 aromatic carbocycles. The summed E-state index contributed by atoms with van der Waals surface area (Å²) >= 11 is 0. The number of ether oxygens (including phenoxy) is 2. The number of ketones is 1. The Balaban J connectivity index is 1.84. The quantitative estimate of drug-likeness (QED) is 0.596. The van der Waals surface area contributed by atoms with E-state index in [-0.39, 0.29) is 17.9 Å². The summed E-state index contributed by atoms with van der Waals surface area (Å²) in [5.41, 5.74) is 2.35. The molecule has 2 rings (SSSR count). The van der Waals surface area contributed by atoms with E-state index in [0.29, 0.717) is 5.56 Å². The summed E-state index contributed by atoms with van der Waals surface area (Å²) < 4.78 is 23.2. The van der Waals surface area contributed by atoms with Crippen LogP contribution in [0.4, 0.5) is 4.39 Å². The third-order valence-corrected chi connectivity index (χ3v) is 3.72. The average molecular weight is 373 g/mol. The molecule has 27 heavy (non-hydrogen) atoms. The van der Waals surface area contributed by atoms with Crippen molar-refractivity contribution in [3.05, 3.63) is 64.5 Å². The minimum atomic E-state index is -0.768. The third kappa shape index (κ3) is 5.64. The Bertz CT molecular complexity index is 858. The highest BCUT2D eigenvalue weighted by Gasteiger charge is 2.14. The van der Waals surface area contributed by atoms with Crippen LogP contribution in [0, 0.1) is 19.7 Å². The van der Waals surface area contributed by atoms with Gasteiger partial charge in [-0.15, -0.1) is 0 Å². The molecule has 0 heterocycles. The molecular weight excluding hydrogens is 353 g/mol. The number of methoxy groups -OCH3 is 1. The van der Waals surface area contributed by atoms with Gasteiger partial charge in [-0.25, -0.2) is 4.39 Å². The highest BCUT2D eigenvalue weighted by atomic mass is 19.1. The van der Waals surface area contributed by atoms with E-state index in [4.69, 9.17) is 9.47 Å². The van der Waals surface area contributed by atoms with Gasteiger partial charge >= 0.3 is 5.97 Å². The first kappa shape index (κ1) is 20.1. The van der Waals surface area contributed by atoms with Crippen LogP contribution in [0.3, 0.4) is 0 Å². The lowest BCUT2D eigenvalue weighted by molar-refractivity contribution is -0.141. The minimum absolute atomic E-state index is 0.0117. The zero-order valence-corrected chi connectivity index (χ0v) is 15.3. The van der Waals surface area contributed by atoms with E-state index in [1.54, 1.807) is 12.1 Å². The summed E-state index contributed by atoms with van der Waals surface area (Å²) in [5.74, 6) is -2.42. The molecule has 0 aliphatic rings. The van der Waals surface area contributed by atoms with Gasteiger partial charge in [0.05, 0.1) is 7.11 Å². The predicted molar refractivity (Wildman–Crippen MR) is 96.5 cm³/mol. The van der Waals surface area contributed by atoms with Gasteiger partial charge in [-0.3, -0.25) is 14.4 Å². The molecule has 0 fully saturated rings. The van der Waals surface area contributed by atoms with Gasteiger partial charge in [0.25, 0.3) is 5.91 Å². The molecule has 0 bridgehead atoms. The molecule has 1 N–H and O–H groups in total. The van der Waals surface area contributed by atoms with Crippen LogP contribution in [0.1, 0.15) is 31.8 Å². The Morgan fingerprint density at radius 3 is 2.26 bits per heavy atom. The van der Waals surface area contributed by atoms with Crippen molar-refractivity contribution in [2.75, 3.05) is 20.3 Å². The molecule has 142 valence electrons. The first-order chi connectivity index (χ1) is 12.8. The number of nitrogens with one attached hydrogen (secondary N) is 1. The normalized spacial score (nSPS) is 10.2. The summed E-state index contributed by atoms with van der Waals surface area (Å²) in [7, 11) is 1.31. The maximum absolute atomic E-state index is 13.6. The molecule has 0 saturated heterocycles. The first-order valence-corrected chi connectivity index (χ1v) is 8.19. The Kier molecular flexibility index (Phi) is 6.65. The molecule has 0 aliphatic carbocycles. The molecule has 7 heteroatoms. The third-order valence-electron chi connectivity index (χ3n) is 3.72. The number of hydrogen-bond acceptors (Lipinski definition) is 5. The lowest BCUT2D eigenvalue weighted by Crippen LogP contribution is -2.31. The van der Waals surface area contributed by atoms with Crippen LogP contribution >= 0.6 is 0 Å². The highest BCUT2D eigenvalue weighted by Crippen LogP contribution is 2.18. The number of halogens is 1. The van der Waals surface area contributed by atoms with Crippen LogP contribution in [0.5, 0.6) is 5.75 Å². The predicted octanol–water partition coefficient (Wildman–Crippen LogP) is 2.61. The van der Waals surface area contributed by atoms with Crippen molar-refractivity contribution in [2.24, 2.45) is 0 Å². The van der Waals surface area contributed by atoms with Crippen molar-refractivity contribution in [1.82, 2.24) is 5.32 Å². The van der Waals surface area contributed by atoms with Crippen molar-refractivity contribution in [3.63, 3.8) is 0 Å². The van der Waals surface area contributed by atoms with Gasteiger partial charge in [0, 0.05) is 11.1 Å². The summed E-state index contributed by atoms with van der Waals surface area (Å²) in [5, 5.41) is 2.44. The number of amides is 1. The van der Waals surface area contributed by atoms with Crippen molar-refractivity contribution in [3.8, 4) is 5.75 Å². The van der Waals surface area contributed by atoms with E-state index in [1.807, 2.05) is 19.9 Å². The minimum Gasteiger partial charge on any atom is -0.494 e. The molecule has 0 unspecified atom stereocenters. The Labute approximate surface area is 156 Å². The molecule has 0 aliphatic heterocycles. The maximum Gasteiger partial charge on any atom is 0.325 e. The topological polar surface area (TPSA) is 81.7 Å². The number of hydrogen-bond donors (Lipinski definition) is 1. The number of esters is 1. The highest BCUT2D eigenvalue weighted by molar-refractivity contribution is 5.99. The average Bonchev–Trinajstić information content (AvgIpc) is 2.63. The summed E-state index contributed by atoms with van der Waals surface area (Å²) in [6.45, 7) is 2.80. The van der Waals surface area contributed by atoms with Gasteiger partial charge in [0.2, 0.25) is 0 Å². The summed E-state index contributed by atoms with van der Waals surface area (Å²) in [6, 6.07) is 9.04. The molecule has 0 atom stereocenters. The Morgan fingerprint density at radius 2 is 1.67 bits per heavy atom. The zero-order chi connectivity index (χ0) is 20.0. The fourth-order valence-corrected chi connectivity index (χ4v) is 2.48. The van der Waals surface area contributed by atoms with E-state index >= 15 is 0 Å². The van der Waals surface area contributed by atoms with Gasteiger partial charge < -0.3 is 14.8 Å². The van der Waals surface area contributed by atoms with E-state index in [2.05, 4.69) is 5.32 Å². The lowest BCUT2D eigenvalue weighted by Gasteiger charge is -2.08. The van der Waals surface area contributed by atoms with Crippen molar-refractivity contribution in [1.29, 1.82) is 0 Å². The number of benzene rings is 2. The molecule has 0 aromatic heterocycles. The molecule has 0 saturated carbocycles. The van der Waals surface area contributed by atoms with Crippen LogP contribution < -0.4 is 10.1 Å². The zero-order valence-electron chi connectivity index (χ0n) is 15.3. The van der Waals surface area contributed by atoms with E-state index in [1.165, 1.54) is 19.2 Å². The van der Waals surface area contributed by atoms with Gasteiger partial charge in [-0.1, -0.05) is 17.2 Å². The number of carbonyl (C=O) groups is 3. The van der Waals surface area contributed by atoms with Crippen LogP contribution in [-0.4, -0.2) is 37.9 Å². The standard InChI is InChI=1S/C20H20FNO5/c1-12-6-13(2)8-15(7-12)20(25)22-10-19(24)27-11-17(23)14-4-5-18(26-3)16(21)9-14/h4-9H,10-11H2,1-3H3,(H,22,25). The SMILES string of the molecule is COc1ccc(C(=O)COC(=O)CNC(=O)c2cc(C)cc(C)c2)cc1F. The maximum atomic E-state index is 13.6. The number of aryl methyl sites for hydroxylation is 2. The molecular formula is C20H20FNO5. The Morgan fingerprint density at radius 1 is 1.00 bits per heavy atom. The number of rotatable bonds is 7. The monoisotopic (exact) mass is 373 g/mol. The molecule has 0 spiro atoms.